The van der Waals surface area contributed by atoms with Gasteiger partial charge in [-0.3, -0.25) is 9.47 Å². The van der Waals surface area contributed by atoms with Crippen LogP contribution in [0, 0.1) is 13.8 Å². The van der Waals surface area contributed by atoms with Crippen molar-refractivity contribution in [1.82, 2.24) is 19.4 Å². The fourth-order valence-corrected chi connectivity index (χ4v) is 4.17. The SMILES string of the molecule is Cc1nc(C(C)N(C)Cc2cccn2-c2nccs2)c(C)s1. The van der Waals surface area contributed by atoms with Crippen LogP contribution in [-0.4, -0.2) is 26.5 Å². The summed E-state index contributed by atoms with van der Waals surface area (Å²) in [6.07, 6.45) is 3.92. The van der Waals surface area contributed by atoms with E-state index in [9.17, 15) is 0 Å². The molecular weight excluding hydrogens is 312 g/mol. The molecule has 0 aliphatic rings. The third-order valence-electron chi connectivity index (χ3n) is 3.87. The lowest BCUT2D eigenvalue weighted by molar-refractivity contribution is 0.244. The second kappa shape index (κ2) is 6.32. The first-order valence-corrected chi connectivity index (χ1v) is 8.96. The van der Waals surface area contributed by atoms with Gasteiger partial charge >= 0.3 is 0 Å². The molecule has 0 amide bonds. The Balaban J connectivity index is 1.79. The Morgan fingerprint density at radius 3 is 2.82 bits per heavy atom. The molecule has 0 aromatic carbocycles. The number of hydrogen-bond acceptors (Lipinski definition) is 5. The minimum absolute atomic E-state index is 0.296. The molecule has 0 fully saturated rings. The van der Waals surface area contributed by atoms with Gasteiger partial charge in [-0.25, -0.2) is 9.97 Å². The summed E-state index contributed by atoms with van der Waals surface area (Å²) in [5.74, 6) is 0. The molecule has 3 rings (SSSR count). The third kappa shape index (κ3) is 2.99. The Morgan fingerprint density at radius 1 is 1.36 bits per heavy atom. The van der Waals surface area contributed by atoms with Crippen LogP contribution in [-0.2, 0) is 6.54 Å². The van der Waals surface area contributed by atoms with Gasteiger partial charge in [0.1, 0.15) is 0 Å². The van der Waals surface area contributed by atoms with Crippen LogP contribution in [0.15, 0.2) is 29.9 Å². The molecule has 116 valence electrons. The lowest BCUT2D eigenvalue weighted by Gasteiger charge is -2.24. The number of hydrogen-bond donors (Lipinski definition) is 0. The first kappa shape index (κ1) is 15.4. The van der Waals surface area contributed by atoms with Crippen LogP contribution in [0.2, 0.25) is 0 Å². The van der Waals surface area contributed by atoms with E-state index in [-0.39, 0.29) is 0 Å². The molecule has 0 aliphatic heterocycles. The maximum Gasteiger partial charge on any atom is 0.193 e. The molecule has 3 aromatic heterocycles. The maximum absolute atomic E-state index is 4.69. The van der Waals surface area contributed by atoms with E-state index in [2.05, 4.69) is 60.6 Å². The molecule has 3 heterocycles. The van der Waals surface area contributed by atoms with E-state index in [0.717, 1.165) is 16.7 Å². The van der Waals surface area contributed by atoms with Gasteiger partial charge in [-0.05, 0) is 40.0 Å². The predicted molar refractivity (Wildman–Crippen MR) is 92.9 cm³/mol. The summed E-state index contributed by atoms with van der Waals surface area (Å²) in [5, 5.41) is 4.16. The fourth-order valence-electron chi connectivity index (χ4n) is 2.60. The van der Waals surface area contributed by atoms with E-state index in [1.54, 1.807) is 22.7 Å². The van der Waals surface area contributed by atoms with E-state index in [4.69, 9.17) is 4.98 Å². The average molecular weight is 332 g/mol. The molecule has 1 unspecified atom stereocenters. The molecule has 0 spiro atoms. The molecule has 22 heavy (non-hydrogen) atoms. The molecule has 0 saturated heterocycles. The number of rotatable bonds is 5. The van der Waals surface area contributed by atoms with Crippen molar-refractivity contribution in [2.45, 2.75) is 33.4 Å². The second-order valence-corrected chi connectivity index (χ2v) is 7.73. The van der Waals surface area contributed by atoms with Gasteiger partial charge in [-0.2, -0.15) is 0 Å². The summed E-state index contributed by atoms with van der Waals surface area (Å²) in [6, 6.07) is 4.53. The molecule has 3 aromatic rings. The predicted octanol–water partition coefficient (Wildman–Crippen LogP) is 4.20. The summed E-state index contributed by atoms with van der Waals surface area (Å²) in [6.45, 7) is 7.31. The number of nitrogens with zero attached hydrogens (tertiary/aromatic N) is 4. The molecule has 6 heteroatoms. The van der Waals surface area contributed by atoms with Crippen molar-refractivity contribution >= 4 is 22.7 Å². The normalized spacial score (nSPS) is 13.0. The Kier molecular flexibility index (Phi) is 4.42. The second-order valence-electron chi connectivity index (χ2n) is 5.45. The van der Waals surface area contributed by atoms with Crippen LogP contribution < -0.4 is 0 Å². The van der Waals surface area contributed by atoms with Gasteiger partial charge in [-0.15, -0.1) is 22.7 Å². The topological polar surface area (TPSA) is 34.0 Å². The summed E-state index contributed by atoms with van der Waals surface area (Å²) >= 11 is 3.43. The van der Waals surface area contributed by atoms with Crippen molar-refractivity contribution in [2.24, 2.45) is 0 Å². The van der Waals surface area contributed by atoms with E-state index in [1.807, 2.05) is 11.6 Å². The van der Waals surface area contributed by atoms with Crippen LogP contribution in [0.3, 0.4) is 0 Å². The third-order valence-corrected chi connectivity index (χ3v) is 5.54. The van der Waals surface area contributed by atoms with Crippen LogP contribution >= 0.6 is 22.7 Å². The van der Waals surface area contributed by atoms with Crippen LogP contribution in [0.5, 0.6) is 0 Å². The highest BCUT2D eigenvalue weighted by Crippen LogP contribution is 2.27. The van der Waals surface area contributed by atoms with Gasteiger partial charge in [-0.1, -0.05) is 0 Å². The van der Waals surface area contributed by atoms with Gasteiger partial charge in [0.05, 0.1) is 16.7 Å². The lowest BCUT2D eigenvalue weighted by atomic mass is 10.2. The Morgan fingerprint density at radius 2 is 2.18 bits per heavy atom. The number of thiazole rings is 2. The lowest BCUT2D eigenvalue weighted by Crippen LogP contribution is -2.24. The molecule has 1 atom stereocenters. The Hall–Kier alpha value is -1.50. The largest absolute Gasteiger partial charge is 0.296 e. The smallest absolute Gasteiger partial charge is 0.193 e. The van der Waals surface area contributed by atoms with Crippen LogP contribution in [0.25, 0.3) is 5.13 Å². The summed E-state index contributed by atoms with van der Waals surface area (Å²) in [4.78, 5) is 12.7. The zero-order valence-electron chi connectivity index (χ0n) is 13.3. The quantitative estimate of drug-likeness (QED) is 0.702. The standard InChI is InChI=1S/C16H20N4S2/c1-11(15-12(2)22-13(3)18-15)19(4)10-14-6-5-8-20(14)16-17-7-9-21-16/h5-9,11H,10H2,1-4H3. The summed E-state index contributed by atoms with van der Waals surface area (Å²) in [7, 11) is 2.15. The molecule has 0 saturated carbocycles. The number of aromatic nitrogens is 3. The van der Waals surface area contributed by atoms with Gasteiger partial charge in [0.2, 0.25) is 0 Å². The van der Waals surface area contributed by atoms with Crippen molar-refractivity contribution in [3.8, 4) is 5.13 Å². The monoisotopic (exact) mass is 332 g/mol. The summed E-state index contributed by atoms with van der Waals surface area (Å²) in [5.41, 5.74) is 2.44. The highest BCUT2D eigenvalue weighted by atomic mass is 32.1. The first-order valence-electron chi connectivity index (χ1n) is 7.26. The molecule has 0 aliphatic carbocycles. The Bertz CT molecular complexity index is 742. The average Bonchev–Trinajstić information content (AvgIpc) is 3.18. The van der Waals surface area contributed by atoms with Crippen molar-refractivity contribution in [3.63, 3.8) is 0 Å². The maximum atomic E-state index is 4.69. The van der Waals surface area contributed by atoms with Crippen LogP contribution in [0.1, 0.15) is 34.2 Å². The minimum atomic E-state index is 0.296. The molecular formula is C16H20N4S2. The molecule has 0 N–H and O–H groups in total. The van der Waals surface area contributed by atoms with Gasteiger partial charge in [0.25, 0.3) is 0 Å². The van der Waals surface area contributed by atoms with Gasteiger partial charge in [0.15, 0.2) is 5.13 Å². The zero-order chi connectivity index (χ0) is 15.7. The fraction of sp³-hybridized carbons (Fsp3) is 0.375. The first-order chi connectivity index (χ1) is 10.6. The van der Waals surface area contributed by atoms with E-state index in [1.165, 1.54) is 16.3 Å². The minimum Gasteiger partial charge on any atom is -0.296 e. The van der Waals surface area contributed by atoms with E-state index >= 15 is 0 Å². The summed E-state index contributed by atoms with van der Waals surface area (Å²) < 4.78 is 2.16. The van der Waals surface area contributed by atoms with Crippen molar-refractivity contribution < 1.29 is 0 Å². The highest BCUT2D eigenvalue weighted by molar-refractivity contribution is 7.12. The van der Waals surface area contributed by atoms with Crippen molar-refractivity contribution in [3.05, 3.63) is 51.2 Å². The van der Waals surface area contributed by atoms with E-state index < -0.39 is 0 Å². The molecule has 4 nitrogen and oxygen atoms in total. The highest BCUT2D eigenvalue weighted by Gasteiger charge is 2.19. The van der Waals surface area contributed by atoms with Crippen molar-refractivity contribution in [1.29, 1.82) is 0 Å². The van der Waals surface area contributed by atoms with E-state index in [0.29, 0.717) is 6.04 Å². The van der Waals surface area contributed by atoms with Crippen molar-refractivity contribution in [2.75, 3.05) is 7.05 Å². The van der Waals surface area contributed by atoms with Gasteiger partial charge < -0.3 is 0 Å². The molecule has 0 bridgehead atoms. The molecule has 0 radical (unpaired) electrons. The Labute approximate surface area is 139 Å². The van der Waals surface area contributed by atoms with Crippen LogP contribution in [0.4, 0.5) is 0 Å². The zero-order valence-corrected chi connectivity index (χ0v) is 14.9. The number of aryl methyl sites for hydroxylation is 2. The van der Waals surface area contributed by atoms with Gasteiger partial charge in [0, 0.05) is 34.9 Å².